The minimum absolute atomic E-state index is 0.0113. The fraction of sp³-hybridized carbons (Fsp3) is 0.545. The molecule has 1 aromatic rings. The molecule has 0 radical (unpaired) electrons. The summed E-state index contributed by atoms with van der Waals surface area (Å²) in [6.45, 7) is 3.62. The molecule has 0 saturated heterocycles. The van der Waals surface area contributed by atoms with Gasteiger partial charge in [0.1, 0.15) is 11.5 Å². The van der Waals surface area contributed by atoms with Crippen molar-refractivity contribution >= 4 is 0 Å². The first-order chi connectivity index (χ1) is 7.10. The van der Waals surface area contributed by atoms with E-state index in [1.54, 1.807) is 13.0 Å². The zero-order valence-corrected chi connectivity index (χ0v) is 9.24. The second-order valence-corrected chi connectivity index (χ2v) is 3.54. The average Bonchev–Trinajstić information content (AvgIpc) is 2.22. The van der Waals surface area contributed by atoms with Gasteiger partial charge in [0.15, 0.2) is 0 Å². The van der Waals surface area contributed by atoms with Crippen LogP contribution in [0.5, 0.6) is 5.75 Å². The summed E-state index contributed by atoms with van der Waals surface area (Å²) in [6.07, 6.45) is 0.565. The van der Waals surface area contributed by atoms with E-state index in [0.717, 1.165) is 0 Å². The highest BCUT2D eigenvalue weighted by atomic mass is 16.5. The summed E-state index contributed by atoms with van der Waals surface area (Å²) >= 11 is 0. The molecule has 1 N–H and O–H groups in total. The number of methoxy groups -OCH3 is 1. The maximum absolute atomic E-state index is 11.4. The fourth-order valence-corrected chi connectivity index (χ4v) is 1.34. The molecule has 0 fully saturated rings. The van der Waals surface area contributed by atoms with Crippen molar-refractivity contribution in [2.75, 3.05) is 13.7 Å². The van der Waals surface area contributed by atoms with Crippen LogP contribution in [0.15, 0.2) is 15.3 Å². The van der Waals surface area contributed by atoms with Crippen molar-refractivity contribution in [3.8, 4) is 5.75 Å². The van der Waals surface area contributed by atoms with E-state index in [1.807, 2.05) is 6.92 Å². The summed E-state index contributed by atoms with van der Waals surface area (Å²) in [7, 11) is 1.52. The number of hydrogen-bond acceptors (Lipinski definition) is 4. The van der Waals surface area contributed by atoms with Gasteiger partial charge in [-0.25, -0.2) is 4.79 Å². The van der Waals surface area contributed by atoms with Crippen LogP contribution in [0, 0.1) is 6.92 Å². The Morgan fingerprint density at radius 3 is 2.80 bits per heavy atom. The number of rotatable bonds is 4. The lowest BCUT2D eigenvalue weighted by molar-refractivity contribution is 0.268. The lowest BCUT2D eigenvalue weighted by Gasteiger charge is -2.10. The summed E-state index contributed by atoms with van der Waals surface area (Å²) in [4.78, 5) is 11.4. The predicted octanol–water partition coefficient (Wildman–Crippen LogP) is 1.44. The minimum atomic E-state index is -0.380. The Balaban J connectivity index is 3.11. The van der Waals surface area contributed by atoms with E-state index in [0.29, 0.717) is 23.5 Å². The van der Waals surface area contributed by atoms with Crippen molar-refractivity contribution in [2.45, 2.75) is 26.2 Å². The molecule has 4 heteroatoms. The van der Waals surface area contributed by atoms with Gasteiger partial charge >= 0.3 is 5.63 Å². The maximum Gasteiger partial charge on any atom is 0.342 e. The highest BCUT2D eigenvalue weighted by molar-refractivity contribution is 5.31. The Labute approximate surface area is 88.5 Å². The van der Waals surface area contributed by atoms with Gasteiger partial charge in [0.05, 0.1) is 12.7 Å². The molecule has 1 unspecified atom stereocenters. The molecule has 15 heavy (non-hydrogen) atoms. The SMILES string of the molecule is COc1cc(C(C)CCO)oc(=O)c1C. The molecule has 4 nitrogen and oxygen atoms in total. The molecule has 1 heterocycles. The number of hydrogen-bond donors (Lipinski definition) is 1. The first-order valence-corrected chi connectivity index (χ1v) is 4.89. The Kier molecular flexibility index (Phi) is 3.91. The van der Waals surface area contributed by atoms with Crippen LogP contribution in [0.3, 0.4) is 0 Å². The number of ether oxygens (including phenoxy) is 1. The van der Waals surface area contributed by atoms with Gasteiger partial charge in [0.25, 0.3) is 0 Å². The van der Waals surface area contributed by atoms with Gasteiger partial charge in [-0.05, 0) is 13.3 Å². The zero-order valence-electron chi connectivity index (χ0n) is 9.24. The van der Waals surface area contributed by atoms with E-state index in [4.69, 9.17) is 14.3 Å². The van der Waals surface area contributed by atoms with E-state index < -0.39 is 0 Å². The third-order valence-corrected chi connectivity index (χ3v) is 2.43. The zero-order chi connectivity index (χ0) is 11.4. The van der Waals surface area contributed by atoms with Crippen LogP contribution < -0.4 is 10.4 Å². The monoisotopic (exact) mass is 212 g/mol. The van der Waals surface area contributed by atoms with Gasteiger partial charge < -0.3 is 14.3 Å². The minimum Gasteiger partial charge on any atom is -0.496 e. The van der Waals surface area contributed by atoms with Gasteiger partial charge in [0.2, 0.25) is 0 Å². The van der Waals surface area contributed by atoms with Crippen molar-refractivity contribution in [1.82, 2.24) is 0 Å². The predicted molar refractivity (Wildman–Crippen MR) is 56.4 cm³/mol. The molecular weight excluding hydrogens is 196 g/mol. The van der Waals surface area contributed by atoms with Crippen molar-refractivity contribution in [3.05, 3.63) is 27.8 Å². The van der Waals surface area contributed by atoms with Gasteiger partial charge in [-0.3, -0.25) is 0 Å². The first-order valence-electron chi connectivity index (χ1n) is 4.89. The molecule has 0 bridgehead atoms. The first kappa shape index (κ1) is 11.8. The van der Waals surface area contributed by atoms with E-state index in [-0.39, 0.29) is 18.2 Å². The Morgan fingerprint density at radius 2 is 2.27 bits per heavy atom. The second kappa shape index (κ2) is 4.98. The van der Waals surface area contributed by atoms with Crippen LogP contribution in [0.1, 0.15) is 30.6 Å². The van der Waals surface area contributed by atoms with Crippen LogP contribution in [0.2, 0.25) is 0 Å². The fourth-order valence-electron chi connectivity index (χ4n) is 1.34. The molecule has 0 aromatic carbocycles. The lowest BCUT2D eigenvalue weighted by Crippen LogP contribution is -2.09. The van der Waals surface area contributed by atoms with E-state index >= 15 is 0 Å². The molecule has 0 saturated carbocycles. The molecule has 1 aromatic heterocycles. The second-order valence-electron chi connectivity index (χ2n) is 3.54. The highest BCUT2D eigenvalue weighted by Crippen LogP contribution is 2.23. The highest BCUT2D eigenvalue weighted by Gasteiger charge is 2.13. The average molecular weight is 212 g/mol. The quantitative estimate of drug-likeness (QED) is 0.820. The Morgan fingerprint density at radius 1 is 1.60 bits per heavy atom. The Hall–Kier alpha value is -1.29. The van der Waals surface area contributed by atoms with Crippen molar-refractivity contribution in [3.63, 3.8) is 0 Å². The molecule has 0 aliphatic rings. The van der Waals surface area contributed by atoms with Gasteiger partial charge in [-0.15, -0.1) is 0 Å². The third-order valence-electron chi connectivity index (χ3n) is 2.43. The molecule has 0 amide bonds. The van der Waals surface area contributed by atoms with E-state index in [2.05, 4.69) is 0 Å². The van der Waals surface area contributed by atoms with Crippen LogP contribution in [-0.2, 0) is 0 Å². The van der Waals surface area contributed by atoms with Gasteiger partial charge in [-0.1, -0.05) is 6.92 Å². The summed E-state index contributed by atoms with van der Waals surface area (Å²) < 4.78 is 10.2. The number of aliphatic hydroxyl groups is 1. The van der Waals surface area contributed by atoms with Gasteiger partial charge in [0, 0.05) is 18.6 Å². The lowest BCUT2D eigenvalue weighted by atomic mass is 10.0. The van der Waals surface area contributed by atoms with Crippen LogP contribution in [0.4, 0.5) is 0 Å². The Bertz CT molecular complexity index is 381. The molecule has 0 spiro atoms. The normalized spacial score (nSPS) is 12.5. The smallest absolute Gasteiger partial charge is 0.342 e. The van der Waals surface area contributed by atoms with Crippen LogP contribution in [-0.4, -0.2) is 18.8 Å². The summed E-state index contributed by atoms with van der Waals surface area (Å²) in [5.41, 5.74) is 0.0894. The van der Waals surface area contributed by atoms with E-state index in [9.17, 15) is 4.79 Å². The molecular formula is C11H16O4. The molecule has 0 aliphatic carbocycles. The standard InChI is InChI=1S/C11H16O4/c1-7(4-5-12)9-6-10(14-3)8(2)11(13)15-9/h6-7,12H,4-5H2,1-3H3. The molecule has 1 rings (SSSR count). The van der Waals surface area contributed by atoms with Gasteiger partial charge in [-0.2, -0.15) is 0 Å². The molecule has 1 atom stereocenters. The maximum atomic E-state index is 11.4. The summed E-state index contributed by atoms with van der Waals surface area (Å²) in [5.74, 6) is 1.10. The molecule has 84 valence electrons. The van der Waals surface area contributed by atoms with Crippen molar-refractivity contribution in [2.24, 2.45) is 0 Å². The number of aliphatic hydroxyl groups excluding tert-OH is 1. The topological polar surface area (TPSA) is 59.7 Å². The van der Waals surface area contributed by atoms with E-state index in [1.165, 1.54) is 7.11 Å². The largest absolute Gasteiger partial charge is 0.496 e. The summed E-state index contributed by atoms with van der Waals surface area (Å²) in [6, 6.07) is 1.71. The van der Waals surface area contributed by atoms with Crippen LogP contribution >= 0.6 is 0 Å². The van der Waals surface area contributed by atoms with Crippen molar-refractivity contribution < 1.29 is 14.3 Å². The van der Waals surface area contributed by atoms with Crippen LogP contribution in [0.25, 0.3) is 0 Å². The molecule has 0 aliphatic heterocycles. The third kappa shape index (κ3) is 2.59. The van der Waals surface area contributed by atoms with Crippen molar-refractivity contribution in [1.29, 1.82) is 0 Å². The summed E-state index contributed by atoms with van der Waals surface area (Å²) in [5, 5.41) is 8.80.